The third kappa shape index (κ3) is 3.46. The molecule has 6 heteroatoms. The van der Waals surface area contributed by atoms with Crippen LogP contribution in [0.1, 0.15) is 25.2 Å². The zero-order valence-electron chi connectivity index (χ0n) is 15.3. The summed E-state index contributed by atoms with van der Waals surface area (Å²) in [5.74, 6) is 0.721. The predicted octanol–water partition coefficient (Wildman–Crippen LogP) is 3.64. The summed E-state index contributed by atoms with van der Waals surface area (Å²) >= 11 is 5.29. The van der Waals surface area contributed by atoms with Gasteiger partial charge in [-0.25, -0.2) is 9.97 Å². The molecule has 2 heterocycles. The van der Waals surface area contributed by atoms with Gasteiger partial charge in [0.25, 0.3) is 0 Å². The lowest BCUT2D eigenvalue weighted by Crippen LogP contribution is -2.21. The molecule has 0 fully saturated rings. The number of rotatable bonds is 6. The second-order valence-corrected chi connectivity index (χ2v) is 6.47. The van der Waals surface area contributed by atoms with Crippen LogP contribution in [0.15, 0.2) is 42.6 Å². The summed E-state index contributed by atoms with van der Waals surface area (Å²) in [6.07, 6.45) is 3.71. The van der Waals surface area contributed by atoms with E-state index in [1.54, 1.807) is 6.20 Å². The number of imidazole rings is 1. The maximum atomic E-state index is 6.01. The van der Waals surface area contributed by atoms with Gasteiger partial charge in [-0.1, -0.05) is 24.4 Å². The number of benzene rings is 1. The van der Waals surface area contributed by atoms with E-state index in [-0.39, 0.29) is 0 Å². The van der Waals surface area contributed by atoms with Crippen LogP contribution in [0.3, 0.4) is 0 Å². The number of hydrogen-bond acceptors (Lipinski definition) is 4. The van der Waals surface area contributed by atoms with E-state index in [0.29, 0.717) is 10.6 Å². The van der Waals surface area contributed by atoms with Gasteiger partial charge in [-0.05, 0) is 49.8 Å². The van der Waals surface area contributed by atoms with Gasteiger partial charge in [0.15, 0.2) is 5.65 Å². The Morgan fingerprint density at radius 3 is 2.46 bits per heavy atom. The molecule has 0 saturated heterocycles. The molecule has 2 aromatic heterocycles. The predicted molar refractivity (Wildman–Crippen MR) is 113 cm³/mol. The van der Waals surface area contributed by atoms with Crippen molar-refractivity contribution in [3.05, 3.63) is 54.0 Å². The first-order valence-corrected chi connectivity index (χ1v) is 9.10. The zero-order chi connectivity index (χ0) is 18.7. The van der Waals surface area contributed by atoms with Gasteiger partial charge in [0.05, 0.1) is 11.1 Å². The number of aromatic nitrogens is 3. The first kappa shape index (κ1) is 18.1. The summed E-state index contributed by atoms with van der Waals surface area (Å²) in [5.41, 5.74) is 10.6. The number of anilines is 1. The lowest BCUT2D eigenvalue weighted by Gasteiger charge is -2.20. The Labute approximate surface area is 159 Å². The van der Waals surface area contributed by atoms with Crippen molar-refractivity contribution in [2.75, 3.05) is 18.0 Å². The van der Waals surface area contributed by atoms with Crippen LogP contribution in [0.25, 0.3) is 22.8 Å². The van der Waals surface area contributed by atoms with Crippen molar-refractivity contribution in [3.63, 3.8) is 0 Å². The topological polar surface area (TPSA) is 60.0 Å². The van der Waals surface area contributed by atoms with E-state index < -0.39 is 0 Å². The van der Waals surface area contributed by atoms with Crippen molar-refractivity contribution in [1.29, 1.82) is 0 Å². The van der Waals surface area contributed by atoms with E-state index in [0.717, 1.165) is 35.6 Å². The summed E-state index contributed by atoms with van der Waals surface area (Å²) in [6, 6.07) is 12.3. The number of thiocarbonyl (C=S) groups is 1. The van der Waals surface area contributed by atoms with Crippen molar-refractivity contribution in [2.24, 2.45) is 12.8 Å². The van der Waals surface area contributed by atoms with E-state index in [1.165, 1.54) is 5.69 Å². The number of pyridine rings is 1. The fourth-order valence-corrected chi connectivity index (χ4v) is 3.20. The fourth-order valence-electron chi connectivity index (χ4n) is 3.05. The van der Waals surface area contributed by atoms with E-state index in [2.05, 4.69) is 53.0 Å². The largest absolute Gasteiger partial charge is 0.389 e. The number of hydrogen-bond donors (Lipinski definition) is 1. The molecule has 134 valence electrons. The Morgan fingerprint density at radius 1 is 1.19 bits per heavy atom. The third-order valence-electron chi connectivity index (χ3n) is 4.50. The van der Waals surface area contributed by atoms with Crippen molar-refractivity contribution in [1.82, 2.24) is 14.5 Å². The molecule has 0 aliphatic rings. The average molecular weight is 366 g/mol. The summed E-state index contributed by atoms with van der Waals surface area (Å²) < 4.78 is 1.97. The molecule has 0 aliphatic heterocycles. The Kier molecular flexibility index (Phi) is 5.32. The van der Waals surface area contributed by atoms with Crippen LogP contribution in [0.2, 0.25) is 0 Å². The molecule has 5 nitrogen and oxygen atoms in total. The lowest BCUT2D eigenvalue weighted by atomic mass is 10.1. The summed E-state index contributed by atoms with van der Waals surface area (Å²) in [5, 5.41) is 0. The Balaban J connectivity index is 2.02. The van der Waals surface area contributed by atoms with E-state index >= 15 is 0 Å². The van der Waals surface area contributed by atoms with E-state index in [1.807, 2.05) is 29.8 Å². The van der Waals surface area contributed by atoms with Gasteiger partial charge < -0.3 is 15.2 Å². The number of nitrogens with two attached hydrogens (primary N) is 1. The summed E-state index contributed by atoms with van der Waals surface area (Å²) in [4.78, 5) is 11.5. The molecular formula is C20H23N5S. The minimum Gasteiger partial charge on any atom is -0.389 e. The third-order valence-corrected chi connectivity index (χ3v) is 4.72. The van der Waals surface area contributed by atoms with Crippen LogP contribution in [0, 0.1) is 0 Å². The summed E-state index contributed by atoms with van der Waals surface area (Å²) in [6.45, 7) is 6.28. The average Bonchev–Trinajstić information content (AvgIpc) is 2.98. The first-order valence-electron chi connectivity index (χ1n) is 8.69. The fraction of sp³-hybridized carbons (Fsp3) is 0.250. The molecular weight excluding hydrogens is 342 g/mol. The summed E-state index contributed by atoms with van der Waals surface area (Å²) in [7, 11) is 1.95. The molecule has 2 N–H and O–H groups in total. The molecule has 0 unspecified atom stereocenters. The van der Waals surface area contributed by atoms with Crippen LogP contribution < -0.4 is 10.6 Å². The molecule has 0 amide bonds. The molecule has 1 aromatic carbocycles. The van der Waals surface area contributed by atoms with Gasteiger partial charge in [0, 0.05) is 32.0 Å². The second kappa shape index (κ2) is 7.66. The zero-order valence-corrected chi connectivity index (χ0v) is 16.1. The minimum atomic E-state index is 0.316. The van der Waals surface area contributed by atoms with Crippen molar-refractivity contribution in [2.45, 2.75) is 13.8 Å². The maximum Gasteiger partial charge on any atom is 0.178 e. The van der Waals surface area contributed by atoms with Gasteiger partial charge in [0.2, 0.25) is 0 Å². The van der Waals surface area contributed by atoms with E-state index in [9.17, 15) is 0 Å². The van der Waals surface area contributed by atoms with Crippen LogP contribution in [-0.2, 0) is 7.05 Å². The van der Waals surface area contributed by atoms with Gasteiger partial charge in [0.1, 0.15) is 10.8 Å². The normalized spacial score (nSPS) is 11.7. The Bertz CT molecular complexity index is 952. The Hall–Kier alpha value is -2.73. The van der Waals surface area contributed by atoms with Gasteiger partial charge in [-0.2, -0.15) is 0 Å². The molecule has 0 aliphatic carbocycles. The van der Waals surface area contributed by atoms with Gasteiger partial charge in [-0.15, -0.1) is 0 Å². The SMILES string of the molecule is CCN(CC)c1ccc(/C=C(\C(N)=S)c2nc3ncccc3n2C)cc1. The highest BCUT2D eigenvalue weighted by molar-refractivity contribution is 7.81. The van der Waals surface area contributed by atoms with Crippen molar-refractivity contribution < 1.29 is 0 Å². The van der Waals surface area contributed by atoms with Crippen molar-refractivity contribution >= 4 is 45.7 Å². The highest BCUT2D eigenvalue weighted by Crippen LogP contribution is 2.23. The molecule has 3 aromatic rings. The smallest absolute Gasteiger partial charge is 0.178 e. The molecule has 0 radical (unpaired) electrons. The lowest BCUT2D eigenvalue weighted by molar-refractivity contribution is 0.866. The molecule has 0 atom stereocenters. The number of fused-ring (bicyclic) bond motifs is 1. The monoisotopic (exact) mass is 365 g/mol. The quantitative estimate of drug-likeness (QED) is 0.534. The van der Waals surface area contributed by atoms with Crippen LogP contribution in [-0.4, -0.2) is 32.6 Å². The minimum absolute atomic E-state index is 0.316. The number of aryl methyl sites for hydroxylation is 1. The Morgan fingerprint density at radius 2 is 1.88 bits per heavy atom. The van der Waals surface area contributed by atoms with Gasteiger partial charge >= 0.3 is 0 Å². The van der Waals surface area contributed by atoms with Crippen LogP contribution in [0.5, 0.6) is 0 Å². The molecule has 26 heavy (non-hydrogen) atoms. The standard InChI is InChI=1S/C20H23N5S/c1-4-25(5-2)15-10-8-14(9-11-15)13-16(18(21)26)20-23-19-17(24(20)3)7-6-12-22-19/h6-13H,4-5H2,1-3H3,(H2,21,26)/b16-13+. The first-order chi connectivity index (χ1) is 12.5. The number of nitrogens with zero attached hydrogens (tertiary/aromatic N) is 4. The van der Waals surface area contributed by atoms with Crippen LogP contribution >= 0.6 is 12.2 Å². The highest BCUT2D eigenvalue weighted by Gasteiger charge is 2.15. The molecule has 3 rings (SSSR count). The van der Waals surface area contributed by atoms with Crippen molar-refractivity contribution in [3.8, 4) is 0 Å². The molecule has 0 spiro atoms. The molecule has 0 bridgehead atoms. The maximum absolute atomic E-state index is 6.01. The van der Waals surface area contributed by atoms with Crippen LogP contribution in [0.4, 0.5) is 5.69 Å². The molecule has 0 saturated carbocycles. The van der Waals surface area contributed by atoms with Gasteiger partial charge in [-0.3, -0.25) is 0 Å². The van der Waals surface area contributed by atoms with E-state index in [4.69, 9.17) is 18.0 Å². The highest BCUT2D eigenvalue weighted by atomic mass is 32.1. The second-order valence-electron chi connectivity index (χ2n) is 6.03.